The van der Waals surface area contributed by atoms with Gasteiger partial charge in [-0.3, -0.25) is 0 Å². The third-order valence-electron chi connectivity index (χ3n) is 3.19. The first-order valence-corrected chi connectivity index (χ1v) is 6.87. The fourth-order valence-corrected chi connectivity index (χ4v) is 2.12. The van der Waals surface area contributed by atoms with E-state index in [1.165, 1.54) is 12.0 Å². The van der Waals surface area contributed by atoms with Crippen molar-refractivity contribution in [3.8, 4) is 0 Å². The highest BCUT2D eigenvalue weighted by Gasteiger charge is 2.15. The summed E-state index contributed by atoms with van der Waals surface area (Å²) in [4.78, 5) is 6.64. The van der Waals surface area contributed by atoms with Gasteiger partial charge in [0.25, 0.3) is 0 Å². The number of nitrogens with one attached hydrogen (secondary N) is 1. The molecule has 1 aliphatic heterocycles. The van der Waals surface area contributed by atoms with Crippen molar-refractivity contribution in [2.75, 3.05) is 27.2 Å². The second kappa shape index (κ2) is 7.14. The Balaban J connectivity index is 1.87. The summed E-state index contributed by atoms with van der Waals surface area (Å²) in [6.45, 7) is 2.43. The number of aliphatic imine (C=N–C) groups is 1. The summed E-state index contributed by atoms with van der Waals surface area (Å²) in [5.74, 6) is 0.916. The molecule has 19 heavy (non-hydrogen) atoms. The molecule has 0 aliphatic carbocycles. The van der Waals surface area contributed by atoms with Crippen LogP contribution in [0.4, 0.5) is 0 Å². The van der Waals surface area contributed by atoms with Crippen molar-refractivity contribution in [1.82, 2.24) is 10.2 Å². The second-order valence-corrected chi connectivity index (χ2v) is 5.04. The molecule has 0 bridgehead atoms. The van der Waals surface area contributed by atoms with Gasteiger partial charge in [0.05, 0.1) is 12.6 Å². The van der Waals surface area contributed by atoms with Gasteiger partial charge in [0, 0.05) is 27.2 Å². The van der Waals surface area contributed by atoms with Gasteiger partial charge in [-0.25, -0.2) is 4.99 Å². The van der Waals surface area contributed by atoms with Crippen molar-refractivity contribution >= 4 is 5.96 Å². The standard InChI is InChI=1S/C15H23N3O/c1-18(2)15(17-12-14-9-6-10-19-14)16-11-13-7-4-3-5-8-13/h3-5,7-8,14H,6,9-12H2,1-2H3,(H,16,17). The summed E-state index contributed by atoms with van der Waals surface area (Å²) >= 11 is 0. The normalized spacial score (nSPS) is 19.5. The molecular formula is C15H23N3O. The van der Waals surface area contributed by atoms with Gasteiger partial charge in [-0.05, 0) is 18.4 Å². The lowest BCUT2D eigenvalue weighted by Gasteiger charge is -2.19. The Kier molecular flexibility index (Phi) is 5.21. The molecule has 1 N–H and O–H groups in total. The summed E-state index contributed by atoms with van der Waals surface area (Å²) in [5, 5.41) is 3.38. The highest BCUT2D eigenvalue weighted by Crippen LogP contribution is 2.10. The molecule has 1 aromatic rings. The van der Waals surface area contributed by atoms with Crippen molar-refractivity contribution in [3.05, 3.63) is 35.9 Å². The molecule has 1 aliphatic rings. The maximum atomic E-state index is 5.61. The van der Waals surface area contributed by atoms with Gasteiger partial charge in [-0.1, -0.05) is 30.3 Å². The fourth-order valence-electron chi connectivity index (χ4n) is 2.12. The van der Waals surface area contributed by atoms with Crippen LogP contribution in [0.25, 0.3) is 0 Å². The quantitative estimate of drug-likeness (QED) is 0.664. The number of benzene rings is 1. The Labute approximate surface area is 115 Å². The highest BCUT2D eigenvalue weighted by molar-refractivity contribution is 5.79. The molecular weight excluding hydrogens is 238 g/mol. The number of hydrogen-bond acceptors (Lipinski definition) is 2. The van der Waals surface area contributed by atoms with Crippen molar-refractivity contribution in [2.45, 2.75) is 25.5 Å². The monoisotopic (exact) mass is 261 g/mol. The number of ether oxygens (including phenoxy) is 1. The molecule has 0 amide bonds. The predicted octanol–water partition coefficient (Wildman–Crippen LogP) is 1.87. The van der Waals surface area contributed by atoms with Crippen LogP contribution >= 0.6 is 0 Å². The lowest BCUT2D eigenvalue weighted by Crippen LogP contribution is -2.40. The van der Waals surface area contributed by atoms with E-state index in [2.05, 4.69) is 22.4 Å². The van der Waals surface area contributed by atoms with Gasteiger partial charge >= 0.3 is 0 Å². The molecule has 1 heterocycles. The van der Waals surface area contributed by atoms with E-state index in [0.717, 1.165) is 25.5 Å². The molecule has 1 saturated heterocycles. The second-order valence-electron chi connectivity index (χ2n) is 5.04. The Morgan fingerprint density at radius 3 is 2.79 bits per heavy atom. The summed E-state index contributed by atoms with van der Waals surface area (Å²) in [6.07, 6.45) is 2.65. The third-order valence-corrected chi connectivity index (χ3v) is 3.19. The van der Waals surface area contributed by atoms with Crippen LogP contribution in [0, 0.1) is 0 Å². The summed E-state index contributed by atoms with van der Waals surface area (Å²) < 4.78 is 5.61. The number of nitrogens with zero attached hydrogens (tertiary/aromatic N) is 2. The van der Waals surface area contributed by atoms with Crippen LogP contribution < -0.4 is 5.32 Å². The SMILES string of the molecule is CN(C)C(=NCc1ccccc1)NCC1CCCO1. The molecule has 4 nitrogen and oxygen atoms in total. The lowest BCUT2D eigenvalue weighted by molar-refractivity contribution is 0.113. The largest absolute Gasteiger partial charge is 0.376 e. The van der Waals surface area contributed by atoms with Crippen molar-refractivity contribution in [1.29, 1.82) is 0 Å². The van der Waals surface area contributed by atoms with E-state index in [1.54, 1.807) is 0 Å². The van der Waals surface area contributed by atoms with Gasteiger partial charge < -0.3 is 15.0 Å². The van der Waals surface area contributed by atoms with Gasteiger partial charge in [-0.2, -0.15) is 0 Å². The maximum Gasteiger partial charge on any atom is 0.193 e. The van der Waals surface area contributed by atoms with Crippen LogP contribution in [0.1, 0.15) is 18.4 Å². The Bertz CT molecular complexity index is 397. The fraction of sp³-hybridized carbons (Fsp3) is 0.533. The van der Waals surface area contributed by atoms with Crippen LogP contribution in [-0.2, 0) is 11.3 Å². The Morgan fingerprint density at radius 1 is 1.37 bits per heavy atom. The van der Waals surface area contributed by atoms with Crippen LogP contribution in [0.3, 0.4) is 0 Å². The minimum absolute atomic E-state index is 0.335. The van der Waals surface area contributed by atoms with Crippen LogP contribution in [0.15, 0.2) is 35.3 Å². The first kappa shape index (κ1) is 13.9. The average molecular weight is 261 g/mol. The third kappa shape index (κ3) is 4.56. The summed E-state index contributed by atoms with van der Waals surface area (Å²) in [6, 6.07) is 10.3. The maximum absolute atomic E-state index is 5.61. The van der Waals surface area contributed by atoms with Crippen LogP contribution in [0.2, 0.25) is 0 Å². The smallest absolute Gasteiger partial charge is 0.193 e. The van der Waals surface area contributed by atoms with Gasteiger partial charge in [-0.15, -0.1) is 0 Å². The Hall–Kier alpha value is -1.55. The van der Waals surface area contributed by atoms with E-state index in [9.17, 15) is 0 Å². The molecule has 2 rings (SSSR count). The van der Waals surface area contributed by atoms with E-state index in [4.69, 9.17) is 4.74 Å². The number of rotatable bonds is 4. The minimum Gasteiger partial charge on any atom is -0.376 e. The molecule has 4 heteroatoms. The lowest BCUT2D eigenvalue weighted by atomic mass is 10.2. The van der Waals surface area contributed by atoms with E-state index in [1.807, 2.05) is 37.2 Å². The van der Waals surface area contributed by atoms with Crippen molar-refractivity contribution in [2.24, 2.45) is 4.99 Å². The molecule has 0 radical (unpaired) electrons. The molecule has 0 aromatic heterocycles. The van der Waals surface area contributed by atoms with E-state index < -0.39 is 0 Å². The zero-order valence-corrected chi connectivity index (χ0v) is 11.8. The van der Waals surface area contributed by atoms with Gasteiger partial charge in [0.1, 0.15) is 0 Å². The molecule has 0 saturated carbocycles. The Morgan fingerprint density at radius 2 is 2.16 bits per heavy atom. The highest BCUT2D eigenvalue weighted by atomic mass is 16.5. The van der Waals surface area contributed by atoms with Crippen LogP contribution in [-0.4, -0.2) is 44.2 Å². The minimum atomic E-state index is 0.335. The molecule has 1 atom stereocenters. The van der Waals surface area contributed by atoms with Gasteiger partial charge in [0.15, 0.2) is 5.96 Å². The van der Waals surface area contributed by atoms with Crippen molar-refractivity contribution in [3.63, 3.8) is 0 Å². The zero-order valence-electron chi connectivity index (χ0n) is 11.8. The molecule has 104 valence electrons. The van der Waals surface area contributed by atoms with Crippen molar-refractivity contribution < 1.29 is 4.74 Å². The van der Waals surface area contributed by atoms with E-state index in [-0.39, 0.29) is 0 Å². The zero-order chi connectivity index (χ0) is 13.5. The molecule has 1 aromatic carbocycles. The van der Waals surface area contributed by atoms with E-state index >= 15 is 0 Å². The molecule has 0 spiro atoms. The number of guanidine groups is 1. The topological polar surface area (TPSA) is 36.9 Å². The predicted molar refractivity (Wildman–Crippen MR) is 78.2 cm³/mol. The molecule has 1 fully saturated rings. The van der Waals surface area contributed by atoms with Crippen LogP contribution in [0.5, 0.6) is 0 Å². The summed E-state index contributed by atoms with van der Waals surface area (Å²) in [7, 11) is 4.01. The number of hydrogen-bond donors (Lipinski definition) is 1. The van der Waals surface area contributed by atoms with Gasteiger partial charge in [0.2, 0.25) is 0 Å². The average Bonchev–Trinajstić information content (AvgIpc) is 2.92. The molecule has 1 unspecified atom stereocenters. The summed E-state index contributed by atoms with van der Waals surface area (Å²) in [5.41, 5.74) is 1.22. The first-order chi connectivity index (χ1) is 9.25. The first-order valence-electron chi connectivity index (χ1n) is 6.87. The van der Waals surface area contributed by atoms with E-state index in [0.29, 0.717) is 12.6 Å².